The van der Waals surface area contributed by atoms with E-state index >= 15 is 0 Å². The zero-order valence-electron chi connectivity index (χ0n) is 12.9. The molecule has 0 radical (unpaired) electrons. The molecule has 1 heterocycles. The molecule has 1 fully saturated rings. The molecule has 1 aliphatic rings. The Balaban J connectivity index is 1.52. The number of hydrogen-bond acceptors (Lipinski definition) is 3. The van der Waals surface area contributed by atoms with Crippen molar-refractivity contribution in [2.45, 2.75) is 38.1 Å². The molecule has 5 heteroatoms. The van der Waals surface area contributed by atoms with E-state index in [2.05, 4.69) is 15.6 Å². The van der Waals surface area contributed by atoms with Gasteiger partial charge in [-0.2, -0.15) is 0 Å². The maximum atomic E-state index is 12.8. The first-order valence-corrected chi connectivity index (χ1v) is 7.96. The van der Waals surface area contributed by atoms with Gasteiger partial charge in [0.25, 0.3) is 0 Å². The van der Waals surface area contributed by atoms with Crippen LogP contribution in [0, 0.1) is 5.82 Å². The van der Waals surface area contributed by atoms with Gasteiger partial charge in [0.15, 0.2) is 0 Å². The minimum absolute atomic E-state index is 0.166. The number of anilines is 2. The minimum Gasteiger partial charge on any atom is -0.381 e. The average Bonchev–Trinajstić information content (AvgIpc) is 3.04. The molecule has 0 spiro atoms. The van der Waals surface area contributed by atoms with Crippen molar-refractivity contribution in [2.24, 2.45) is 0 Å². The number of nitrogens with one attached hydrogen (secondary N) is 2. The largest absolute Gasteiger partial charge is 0.381 e. The lowest BCUT2D eigenvalue weighted by Gasteiger charge is -2.13. The van der Waals surface area contributed by atoms with E-state index in [0.717, 1.165) is 11.3 Å². The van der Waals surface area contributed by atoms with Gasteiger partial charge in [-0.1, -0.05) is 25.0 Å². The Bertz CT molecular complexity index is 649. The Morgan fingerprint density at radius 2 is 1.87 bits per heavy atom. The first-order chi connectivity index (χ1) is 11.2. The lowest BCUT2D eigenvalue weighted by Crippen LogP contribution is -2.16. The first kappa shape index (κ1) is 15.5. The van der Waals surface area contributed by atoms with Gasteiger partial charge in [-0.15, -0.1) is 0 Å². The molecule has 1 aromatic heterocycles. The summed E-state index contributed by atoms with van der Waals surface area (Å²) in [7, 11) is 0. The quantitative estimate of drug-likeness (QED) is 0.884. The van der Waals surface area contributed by atoms with E-state index in [1.165, 1.54) is 37.8 Å². The SMILES string of the molecule is O=C(Cc1ccc(F)cc1)Nc1ccc(NC2CCCC2)cn1. The monoisotopic (exact) mass is 313 g/mol. The lowest BCUT2D eigenvalue weighted by atomic mass is 10.1. The van der Waals surface area contributed by atoms with Crippen LogP contribution in [0.25, 0.3) is 0 Å². The molecule has 2 aromatic rings. The summed E-state index contributed by atoms with van der Waals surface area (Å²) in [6, 6.07) is 10.2. The lowest BCUT2D eigenvalue weighted by molar-refractivity contribution is -0.115. The summed E-state index contributed by atoms with van der Waals surface area (Å²) in [5.41, 5.74) is 1.75. The maximum Gasteiger partial charge on any atom is 0.229 e. The number of benzene rings is 1. The Labute approximate surface area is 135 Å². The van der Waals surface area contributed by atoms with Crippen molar-refractivity contribution in [1.29, 1.82) is 0 Å². The molecular formula is C18H20FN3O. The van der Waals surface area contributed by atoms with Crippen LogP contribution < -0.4 is 10.6 Å². The number of aromatic nitrogens is 1. The summed E-state index contributed by atoms with van der Waals surface area (Å²) < 4.78 is 12.8. The van der Waals surface area contributed by atoms with Crippen LogP contribution in [0.5, 0.6) is 0 Å². The molecule has 0 aliphatic heterocycles. The highest BCUT2D eigenvalue weighted by atomic mass is 19.1. The molecule has 1 saturated carbocycles. The summed E-state index contributed by atoms with van der Waals surface area (Å²) in [6.07, 6.45) is 6.91. The molecule has 0 unspecified atom stereocenters. The molecule has 120 valence electrons. The second-order valence-corrected chi connectivity index (χ2v) is 5.91. The second kappa shape index (κ2) is 7.22. The van der Waals surface area contributed by atoms with Crippen molar-refractivity contribution in [1.82, 2.24) is 4.98 Å². The van der Waals surface area contributed by atoms with Crippen molar-refractivity contribution in [2.75, 3.05) is 10.6 Å². The number of halogens is 1. The highest BCUT2D eigenvalue weighted by molar-refractivity contribution is 5.91. The van der Waals surface area contributed by atoms with E-state index in [9.17, 15) is 9.18 Å². The van der Waals surface area contributed by atoms with Crippen LogP contribution in [0.4, 0.5) is 15.9 Å². The van der Waals surface area contributed by atoms with E-state index in [4.69, 9.17) is 0 Å². The summed E-state index contributed by atoms with van der Waals surface area (Å²) in [4.78, 5) is 16.2. The molecule has 2 N–H and O–H groups in total. The zero-order valence-corrected chi connectivity index (χ0v) is 12.9. The minimum atomic E-state index is -0.304. The zero-order chi connectivity index (χ0) is 16.1. The third-order valence-electron chi connectivity index (χ3n) is 4.03. The van der Waals surface area contributed by atoms with Gasteiger partial charge in [0, 0.05) is 6.04 Å². The number of hydrogen-bond donors (Lipinski definition) is 2. The number of nitrogens with zero attached hydrogens (tertiary/aromatic N) is 1. The van der Waals surface area contributed by atoms with E-state index in [-0.39, 0.29) is 18.1 Å². The average molecular weight is 313 g/mol. The van der Waals surface area contributed by atoms with Crippen LogP contribution in [0.3, 0.4) is 0 Å². The number of carbonyl (C=O) groups is 1. The van der Waals surface area contributed by atoms with Gasteiger partial charge in [-0.25, -0.2) is 9.37 Å². The predicted molar refractivity (Wildman–Crippen MR) is 88.8 cm³/mol. The van der Waals surface area contributed by atoms with Crippen molar-refractivity contribution in [3.05, 3.63) is 54.0 Å². The predicted octanol–water partition coefficient (Wildman–Crippen LogP) is 3.76. The van der Waals surface area contributed by atoms with Crippen molar-refractivity contribution in [3.63, 3.8) is 0 Å². The fourth-order valence-corrected chi connectivity index (χ4v) is 2.83. The van der Waals surface area contributed by atoms with E-state index in [0.29, 0.717) is 11.9 Å². The van der Waals surface area contributed by atoms with Crippen LogP contribution in [0.15, 0.2) is 42.6 Å². The molecule has 1 aromatic carbocycles. The van der Waals surface area contributed by atoms with E-state index in [1.54, 1.807) is 24.4 Å². The molecule has 1 amide bonds. The molecule has 23 heavy (non-hydrogen) atoms. The second-order valence-electron chi connectivity index (χ2n) is 5.91. The van der Waals surface area contributed by atoms with Gasteiger partial charge in [0.05, 0.1) is 18.3 Å². The standard InChI is InChI=1S/C18H20FN3O/c19-14-7-5-13(6-8-14)11-18(23)22-17-10-9-16(12-20-17)21-15-3-1-2-4-15/h5-10,12,15,21H,1-4,11H2,(H,20,22,23). The number of rotatable bonds is 5. The summed E-state index contributed by atoms with van der Waals surface area (Å²) in [5, 5.41) is 6.21. The highest BCUT2D eigenvalue weighted by Gasteiger charge is 2.14. The number of pyridine rings is 1. The highest BCUT2D eigenvalue weighted by Crippen LogP contribution is 2.22. The molecule has 0 bridgehead atoms. The fraction of sp³-hybridized carbons (Fsp3) is 0.333. The third kappa shape index (κ3) is 4.52. The summed E-state index contributed by atoms with van der Waals surface area (Å²) in [6.45, 7) is 0. The molecular weight excluding hydrogens is 293 g/mol. The van der Waals surface area contributed by atoms with Gasteiger partial charge in [0.2, 0.25) is 5.91 Å². The fourth-order valence-electron chi connectivity index (χ4n) is 2.83. The van der Waals surface area contributed by atoms with Gasteiger partial charge in [-0.3, -0.25) is 4.79 Å². The maximum absolute atomic E-state index is 12.8. The van der Waals surface area contributed by atoms with Crippen molar-refractivity contribution >= 4 is 17.4 Å². The van der Waals surface area contributed by atoms with Gasteiger partial charge < -0.3 is 10.6 Å². The molecule has 4 nitrogen and oxygen atoms in total. The summed E-state index contributed by atoms with van der Waals surface area (Å²) >= 11 is 0. The van der Waals surface area contributed by atoms with Crippen LogP contribution >= 0.6 is 0 Å². The van der Waals surface area contributed by atoms with Gasteiger partial charge >= 0.3 is 0 Å². The molecule has 1 aliphatic carbocycles. The van der Waals surface area contributed by atoms with Crippen LogP contribution in [0.1, 0.15) is 31.2 Å². The molecule has 3 rings (SSSR count). The van der Waals surface area contributed by atoms with Crippen molar-refractivity contribution in [3.8, 4) is 0 Å². The Hall–Kier alpha value is -2.43. The smallest absolute Gasteiger partial charge is 0.229 e. The van der Waals surface area contributed by atoms with Gasteiger partial charge in [-0.05, 0) is 42.7 Å². The van der Waals surface area contributed by atoms with Crippen LogP contribution in [-0.2, 0) is 11.2 Å². The first-order valence-electron chi connectivity index (χ1n) is 7.96. The topological polar surface area (TPSA) is 54.0 Å². The Morgan fingerprint density at radius 1 is 1.13 bits per heavy atom. The Morgan fingerprint density at radius 3 is 2.52 bits per heavy atom. The normalized spacial score (nSPS) is 14.7. The molecule has 0 saturated heterocycles. The molecule has 0 atom stereocenters. The number of carbonyl (C=O) groups excluding carboxylic acids is 1. The summed E-state index contributed by atoms with van der Waals surface area (Å²) in [5.74, 6) is 0.0517. The van der Waals surface area contributed by atoms with Crippen LogP contribution in [0.2, 0.25) is 0 Å². The van der Waals surface area contributed by atoms with Gasteiger partial charge in [0.1, 0.15) is 11.6 Å². The van der Waals surface area contributed by atoms with E-state index in [1.807, 2.05) is 6.07 Å². The van der Waals surface area contributed by atoms with Crippen molar-refractivity contribution < 1.29 is 9.18 Å². The number of amides is 1. The third-order valence-corrected chi connectivity index (χ3v) is 4.03. The van der Waals surface area contributed by atoms with E-state index < -0.39 is 0 Å². The Kier molecular flexibility index (Phi) is 4.86. The van der Waals surface area contributed by atoms with Crippen LogP contribution in [-0.4, -0.2) is 16.9 Å².